The van der Waals surface area contributed by atoms with Crippen LogP contribution in [0, 0.1) is 0 Å². The summed E-state index contributed by atoms with van der Waals surface area (Å²) >= 11 is 9.52. The molecular weight excluding hydrogens is 300 g/mol. The number of benzene rings is 1. The number of hydrogen-bond donors (Lipinski definition) is 1. The van der Waals surface area contributed by atoms with Gasteiger partial charge in [0.1, 0.15) is 0 Å². The fourth-order valence-corrected chi connectivity index (χ4v) is 2.21. The van der Waals surface area contributed by atoms with Crippen LogP contribution in [0.3, 0.4) is 0 Å². The van der Waals surface area contributed by atoms with Crippen molar-refractivity contribution in [3.63, 3.8) is 0 Å². The summed E-state index contributed by atoms with van der Waals surface area (Å²) in [6.45, 7) is 7.33. The highest BCUT2D eigenvalue weighted by Gasteiger charge is 2.06. The Kier molecular flexibility index (Phi) is 6.49. The van der Waals surface area contributed by atoms with E-state index in [0.29, 0.717) is 6.04 Å². The molecule has 0 fully saturated rings. The van der Waals surface area contributed by atoms with Crippen molar-refractivity contribution in [2.24, 2.45) is 0 Å². The second-order valence-electron chi connectivity index (χ2n) is 4.37. The van der Waals surface area contributed by atoms with E-state index in [4.69, 9.17) is 11.6 Å². The van der Waals surface area contributed by atoms with E-state index in [-0.39, 0.29) is 0 Å². The molecule has 0 bridgehead atoms. The van der Waals surface area contributed by atoms with Gasteiger partial charge in [-0.25, -0.2) is 0 Å². The quantitative estimate of drug-likeness (QED) is 0.863. The van der Waals surface area contributed by atoms with Crippen molar-refractivity contribution in [1.29, 1.82) is 0 Å². The van der Waals surface area contributed by atoms with Crippen LogP contribution in [0.25, 0.3) is 0 Å². The molecule has 0 saturated heterocycles. The molecule has 4 heteroatoms. The number of nitrogens with zero attached hydrogens (tertiary/aromatic N) is 1. The Morgan fingerprint density at radius 2 is 2.18 bits per heavy atom. The number of likely N-dealkylation sites (N-methyl/N-ethyl adjacent to an activating group) is 1. The standard InChI is InChI=1S/C13H20BrClN2/c1-4-17(3)9-10(2)16-8-11-7-12(15)5-6-13(11)14/h5-7,10,16H,4,8-9H2,1-3H3. The first-order valence-corrected chi connectivity index (χ1v) is 7.06. The van der Waals surface area contributed by atoms with Crippen molar-refractivity contribution in [3.05, 3.63) is 33.3 Å². The summed E-state index contributed by atoms with van der Waals surface area (Å²) in [5.74, 6) is 0. The molecule has 0 saturated carbocycles. The van der Waals surface area contributed by atoms with Gasteiger partial charge in [-0.2, -0.15) is 0 Å². The van der Waals surface area contributed by atoms with Crippen molar-refractivity contribution in [2.75, 3.05) is 20.1 Å². The minimum absolute atomic E-state index is 0.464. The topological polar surface area (TPSA) is 15.3 Å². The molecule has 0 aliphatic heterocycles. The Morgan fingerprint density at radius 3 is 2.82 bits per heavy atom. The first-order chi connectivity index (χ1) is 8.02. The summed E-state index contributed by atoms with van der Waals surface area (Å²) in [6, 6.07) is 6.34. The first-order valence-electron chi connectivity index (χ1n) is 5.88. The summed E-state index contributed by atoms with van der Waals surface area (Å²) in [5, 5.41) is 4.28. The summed E-state index contributed by atoms with van der Waals surface area (Å²) in [7, 11) is 2.13. The van der Waals surface area contributed by atoms with Crippen LogP contribution in [0.5, 0.6) is 0 Å². The van der Waals surface area contributed by atoms with Gasteiger partial charge in [-0.15, -0.1) is 0 Å². The molecule has 0 aliphatic rings. The van der Waals surface area contributed by atoms with E-state index in [1.807, 2.05) is 18.2 Å². The van der Waals surface area contributed by atoms with E-state index in [9.17, 15) is 0 Å². The van der Waals surface area contributed by atoms with E-state index in [1.165, 1.54) is 5.56 Å². The number of hydrogen-bond acceptors (Lipinski definition) is 2. The molecule has 0 amide bonds. The highest BCUT2D eigenvalue weighted by atomic mass is 79.9. The van der Waals surface area contributed by atoms with Crippen molar-refractivity contribution >= 4 is 27.5 Å². The predicted molar refractivity (Wildman–Crippen MR) is 78.6 cm³/mol. The molecule has 0 spiro atoms. The number of halogens is 2. The fourth-order valence-electron chi connectivity index (χ4n) is 1.62. The Labute approximate surface area is 117 Å². The third kappa shape index (κ3) is 5.38. The molecule has 1 N–H and O–H groups in total. The monoisotopic (exact) mass is 318 g/mol. The molecule has 0 radical (unpaired) electrons. The fraction of sp³-hybridized carbons (Fsp3) is 0.538. The van der Waals surface area contributed by atoms with Gasteiger partial charge in [-0.3, -0.25) is 0 Å². The molecule has 1 unspecified atom stereocenters. The van der Waals surface area contributed by atoms with E-state index >= 15 is 0 Å². The van der Waals surface area contributed by atoms with Gasteiger partial charge in [0.15, 0.2) is 0 Å². The second kappa shape index (κ2) is 7.37. The van der Waals surface area contributed by atoms with E-state index in [1.54, 1.807) is 0 Å². The molecular formula is C13H20BrClN2. The Balaban J connectivity index is 2.47. The first kappa shape index (κ1) is 15.0. The van der Waals surface area contributed by atoms with Crippen LogP contribution in [0.1, 0.15) is 19.4 Å². The van der Waals surface area contributed by atoms with Gasteiger partial charge in [0.25, 0.3) is 0 Å². The maximum Gasteiger partial charge on any atom is 0.0410 e. The van der Waals surface area contributed by atoms with Gasteiger partial charge in [-0.1, -0.05) is 34.5 Å². The predicted octanol–water partition coefficient (Wildman–Crippen LogP) is 3.53. The smallest absolute Gasteiger partial charge is 0.0410 e. The minimum Gasteiger partial charge on any atom is -0.309 e. The lowest BCUT2D eigenvalue weighted by Gasteiger charge is -2.21. The zero-order valence-corrected chi connectivity index (χ0v) is 13.0. The van der Waals surface area contributed by atoms with Gasteiger partial charge < -0.3 is 10.2 Å². The average molecular weight is 320 g/mol. The molecule has 96 valence electrons. The van der Waals surface area contributed by atoms with Crippen LogP contribution in [0.15, 0.2) is 22.7 Å². The van der Waals surface area contributed by atoms with Gasteiger partial charge in [0.05, 0.1) is 0 Å². The van der Waals surface area contributed by atoms with Crippen LogP contribution in [-0.2, 0) is 6.54 Å². The third-order valence-corrected chi connectivity index (χ3v) is 3.78. The lowest BCUT2D eigenvalue weighted by atomic mass is 10.2. The molecule has 0 aromatic heterocycles. The molecule has 2 nitrogen and oxygen atoms in total. The van der Waals surface area contributed by atoms with Crippen molar-refractivity contribution in [1.82, 2.24) is 10.2 Å². The highest BCUT2D eigenvalue weighted by molar-refractivity contribution is 9.10. The average Bonchev–Trinajstić information content (AvgIpc) is 2.30. The molecule has 0 heterocycles. The zero-order chi connectivity index (χ0) is 12.8. The van der Waals surface area contributed by atoms with Gasteiger partial charge >= 0.3 is 0 Å². The number of nitrogens with one attached hydrogen (secondary N) is 1. The van der Waals surface area contributed by atoms with E-state index < -0.39 is 0 Å². The Hall–Kier alpha value is -0.0900. The van der Waals surface area contributed by atoms with E-state index in [2.05, 4.69) is 47.0 Å². The van der Waals surface area contributed by atoms with Crippen LogP contribution < -0.4 is 5.32 Å². The summed E-state index contributed by atoms with van der Waals surface area (Å²) < 4.78 is 1.10. The summed E-state index contributed by atoms with van der Waals surface area (Å²) in [4.78, 5) is 2.30. The third-order valence-electron chi connectivity index (χ3n) is 2.77. The summed E-state index contributed by atoms with van der Waals surface area (Å²) in [6.07, 6.45) is 0. The lowest BCUT2D eigenvalue weighted by molar-refractivity contribution is 0.309. The second-order valence-corrected chi connectivity index (χ2v) is 5.66. The van der Waals surface area contributed by atoms with E-state index in [0.717, 1.165) is 29.1 Å². The molecule has 1 aromatic carbocycles. The van der Waals surface area contributed by atoms with Crippen molar-refractivity contribution in [3.8, 4) is 0 Å². The Bertz CT molecular complexity index is 357. The number of rotatable bonds is 6. The highest BCUT2D eigenvalue weighted by Crippen LogP contribution is 2.21. The van der Waals surface area contributed by atoms with Crippen LogP contribution in [-0.4, -0.2) is 31.1 Å². The van der Waals surface area contributed by atoms with Gasteiger partial charge in [0, 0.05) is 28.6 Å². The molecule has 1 aromatic rings. The van der Waals surface area contributed by atoms with Crippen molar-refractivity contribution < 1.29 is 0 Å². The van der Waals surface area contributed by atoms with Crippen LogP contribution in [0.2, 0.25) is 5.02 Å². The normalized spacial score (nSPS) is 13.1. The van der Waals surface area contributed by atoms with Gasteiger partial charge in [0.2, 0.25) is 0 Å². The Morgan fingerprint density at radius 1 is 1.47 bits per heavy atom. The lowest BCUT2D eigenvalue weighted by Crippen LogP contribution is -2.36. The van der Waals surface area contributed by atoms with Crippen LogP contribution >= 0.6 is 27.5 Å². The van der Waals surface area contributed by atoms with Crippen LogP contribution in [0.4, 0.5) is 0 Å². The largest absolute Gasteiger partial charge is 0.309 e. The molecule has 1 atom stereocenters. The molecule has 17 heavy (non-hydrogen) atoms. The SMILES string of the molecule is CCN(C)CC(C)NCc1cc(Cl)ccc1Br. The maximum absolute atomic E-state index is 5.98. The molecule has 1 rings (SSSR count). The molecule has 0 aliphatic carbocycles. The van der Waals surface area contributed by atoms with Gasteiger partial charge in [-0.05, 0) is 44.3 Å². The van der Waals surface area contributed by atoms with Crippen molar-refractivity contribution in [2.45, 2.75) is 26.4 Å². The summed E-state index contributed by atoms with van der Waals surface area (Å²) in [5.41, 5.74) is 1.20. The maximum atomic E-state index is 5.98. The minimum atomic E-state index is 0.464. The zero-order valence-electron chi connectivity index (χ0n) is 10.6.